The van der Waals surface area contributed by atoms with Crippen LogP contribution in [0.3, 0.4) is 0 Å². The highest BCUT2D eigenvalue weighted by molar-refractivity contribution is 5.94. The van der Waals surface area contributed by atoms with Gasteiger partial charge in [0.25, 0.3) is 0 Å². The maximum atomic E-state index is 13.0. The molecule has 4 rings (SSSR count). The summed E-state index contributed by atoms with van der Waals surface area (Å²) in [4.78, 5) is 26.6. The summed E-state index contributed by atoms with van der Waals surface area (Å²) in [6, 6.07) is 14.1. The van der Waals surface area contributed by atoms with Gasteiger partial charge in [0.1, 0.15) is 5.58 Å². The van der Waals surface area contributed by atoms with E-state index in [2.05, 4.69) is 11.4 Å². The first-order valence-electron chi connectivity index (χ1n) is 11.0. The predicted octanol–water partition coefficient (Wildman–Crippen LogP) is 5.10. The summed E-state index contributed by atoms with van der Waals surface area (Å²) in [7, 11) is 0. The SMILES string of the molecule is Cc1cc(C(C)Nc2ccccc2C(=O)O)c2oc(N3CCC(C)(C#N)CC3)cc(=O)c2c1. The average molecular weight is 446 g/mol. The molecule has 2 aromatic carbocycles. The summed E-state index contributed by atoms with van der Waals surface area (Å²) in [5.41, 5.74) is 2.39. The number of anilines is 2. The lowest BCUT2D eigenvalue weighted by molar-refractivity contribution is 0.0698. The number of fused-ring (bicyclic) bond motifs is 1. The number of hydrogen-bond donors (Lipinski definition) is 2. The van der Waals surface area contributed by atoms with Crippen LogP contribution >= 0.6 is 0 Å². The summed E-state index contributed by atoms with van der Waals surface area (Å²) in [5, 5.41) is 22.7. The Morgan fingerprint density at radius 3 is 2.61 bits per heavy atom. The monoisotopic (exact) mass is 445 g/mol. The fraction of sp³-hybridized carbons (Fsp3) is 0.346. The lowest BCUT2D eigenvalue weighted by atomic mass is 9.82. The van der Waals surface area contributed by atoms with E-state index in [9.17, 15) is 20.0 Å². The van der Waals surface area contributed by atoms with Crippen molar-refractivity contribution < 1.29 is 14.3 Å². The van der Waals surface area contributed by atoms with Gasteiger partial charge in [-0.05, 0) is 57.4 Å². The highest BCUT2D eigenvalue weighted by Gasteiger charge is 2.31. The molecule has 0 aliphatic carbocycles. The molecule has 1 saturated heterocycles. The second kappa shape index (κ2) is 8.62. The number of hydrogen-bond acceptors (Lipinski definition) is 6. The molecule has 1 aliphatic rings. The molecule has 1 unspecified atom stereocenters. The van der Waals surface area contributed by atoms with Gasteiger partial charge in [-0.2, -0.15) is 5.26 Å². The number of benzene rings is 2. The third-order valence-electron chi connectivity index (χ3n) is 6.43. The first-order valence-corrected chi connectivity index (χ1v) is 11.0. The number of piperidine rings is 1. The molecule has 0 radical (unpaired) electrons. The lowest BCUT2D eigenvalue weighted by Gasteiger charge is -2.35. The average Bonchev–Trinajstić information content (AvgIpc) is 2.79. The van der Waals surface area contributed by atoms with Gasteiger partial charge in [0.2, 0.25) is 0 Å². The van der Waals surface area contributed by atoms with Crippen molar-refractivity contribution >= 4 is 28.5 Å². The van der Waals surface area contributed by atoms with Crippen LogP contribution in [0.25, 0.3) is 11.0 Å². The van der Waals surface area contributed by atoms with Crippen molar-refractivity contribution in [3.05, 3.63) is 69.4 Å². The van der Waals surface area contributed by atoms with Crippen LogP contribution < -0.4 is 15.6 Å². The van der Waals surface area contributed by atoms with Gasteiger partial charge in [0.05, 0.1) is 28.5 Å². The van der Waals surface area contributed by atoms with Gasteiger partial charge < -0.3 is 19.7 Å². The van der Waals surface area contributed by atoms with Crippen molar-refractivity contribution in [2.75, 3.05) is 23.3 Å². The van der Waals surface area contributed by atoms with Crippen LogP contribution in [0.1, 0.15) is 54.2 Å². The second-order valence-electron chi connectivity index (χ2n) is 9.06. The number of para-hydroxylation sites is 1. The molecule has 170 valence electrons. The zero-order valence-corrected chi connectivity index (χ0v) is 19.0. The van der Waals surface area contributed by atoms with Gasteiger partial charge in [-0.3, -0.25) is 4.79 Å². The van der Waals surface area contributed by atoms with E-state index in [4.69, 9.17) is 4.42 Å². The van der Waals surface area contributed by atoms with Gasteiger partial charge >= 0.3 is 5.97 Å². The van der Waals surface area contributed by atoms with Crippen molar-refractivity contribution in [2.24, 2.45) is 5.41 Å². The number of nitrogens with zero attached hydrogens (tertiary/aromatic N) is 2. The van der Waals surface area contributed by atoms with E-state index < -0.39 is 5.97 Å². The van der Waals surface area contributed by atoms with E-state index in [1.54, 1.807) is 24.3 Å². The van der Waals surface area contributed by atoms with Crippen LogP contribution in [0, 0.1) is 23.7 Å². The van der Waals surface area contributed by atoms with Crippen molar-refractivity contribution in [1.29, 1.82) is 5.26 Å². The number of nitrogens with one attached hydrogen (secondary N) is 1. The van der Waals surface area contributed by atoms with Crippen molar-refractivity contribution in [3.8, 4) is 6.07 Å². The van der Waals surface area contributed by atoms with Gasteiger partial charge in [-0.15, -0.1) is 0 Å². The molecule has 0 saturated carbocycles. The minimum absolute atomic E-state index is 0.122. The number of aromatic carboxylic acids is 1. The molecule has 3 aromatic rings. The highest BCUT2D eigenvalue weighted by Crippen LogP contribution is 2.34. The summed E-state index contributed by atoms with van der Waals surface area (Å²) in [6.07, 6.45) is 1.41. The molecule has 0 bridgehead atoms. The maximum absolute atomic E-state index is 13.0. The Bertz CT molecular complexity index is 1310. The van der Waals surface area contributed by atoms with E-state index in [1.165, 1.54) is 6.07 Å². The van der Waals surface area contributed by atoms with E-state index in [1.807, 2.05) is 37.8 Å². The third-order valence-corrected chi connectivity index (χ3v) is 6.43. The van der Waals surface area contributed by atoms with Crippen molar-refractivity contribution in [2.45, 2.75) is 39.7 Å². The lowest BCUT2D eigenvalue weighted by Crippen LogP contribution is -2.38. The van der Waals surface area contributed by atoms with Gasteiger partial charge in [0.15, 0.2) is 11.3 Å². The zero-order valence-electron chi connectivity index (χ0n) is 19.0. The number of aryl methyl sites for hydroxylation is 1. The minimum atomic E-state index is -1.01. The van der Waals surface area contributed by atoms with Crippen LogP contribution in [0.4, 0.5) is 11.6 Å². The summed E-state index contributed by atoms with van der Waals surface area (Å²) in [6.45, 7) is 7.07. The van der Waals surface area contributed by atoms with Crippen molar-refractivity contribution in [1.82, 2.24) is 0 Å². The second-order valence-corrected chi connectivity index (χ2v) is 9.06. The minimum Gasteiger partial charge on any atom is -0.478 e. The number of rotatable bonds is 5. The molecule has 0 spiro atoms. The Morgan fingerprint density at radius 2 is 1.94 bits per heavy atom. The van der Waals surface area contributed by atoms with Crippen LogP contribution in [0.2, 0.25) is 0 Å². The van der Waals surface area contributed by atoms with Crippen LogP contribution in [-0.2, 0) is 0 Å². The Hall–Kier alpha value is -3.79. The van der Waals surface area contributed by atoms with E-state index in [0.29, 0.717) is 48.5 Å². The van der Waals surface area contributed by atoms with E-state index >= 15 is 0 Å². The topological polar surface area (TPSA) is 107 Å². The molecule has 1 aliphatic heterocycles. The molecular weight excluding hydrogens is 418 g/mol. The number of carboxylic acid groups (broad SMARTS) is 1. The number of carboxylic acids is 1. The largest absolute Gasteiger partial charge is 0.478 e. The molecule has 2 N–H and O–H groups in total. The quantitative estimate of drug-likeness (QED) is 0.562. The van der Waals surface area contributed by atoms with Crippen LogP contribution in [-0.4, -0.2) is 24.2 Å². The van der Waals surface area contributed by atoms with Crippen LogP contribution in [0.5, 0.6) is 0 Å². The fourth-order valence-corrected chi connectivity index (χ4v) is 4.34. The molecule has 1 fully saturated rings. The first kappa shape index (κ1) is 22.4. The van der Waals surface area contributed by atoms with Crippen molar-refractivity contribution in [3.63, 3.8) is 0 Å². The first-order chi connectivity index (χ1) is 15.7. The Morgan fingerprint density at radius 1 is 1.24 bits per heavy atom. The van der Waals surface area contributed by atoms with E-state index in [0.717, 1.165) is 11.1 Å². The number of nitriles is 1. The number of carbonyl (C=O) groups is 1. The molecule has 7 heteroatoms. The van der Waals surface area contributed by atoms with Gasteiger partial charge in [-0.25, -0.2) is 4.79 Å². The summed E-state index contributed by atoms with van der Waals surface area (Å²) in [5.74, 6) is -0.515. The normalized spacial score (nSPS) is 16.2. The zero-order chi connectivity index (χ0) is 23.8. The Kier molecular flexibility index (Phi) is 5.86. The molecule has 1 atom stereocenters. The third kappa shape index (κ3) is 4.42. The predicted molar refractivity (Wildman–Crippen MR) is 128 cm³/mol. The molecule has 1 aromatic heterocycles. The summed E-state index contributed by atoms with van der Waals surface area (Å²) < 4.78 is 6.29. The standard InChI is InChI=1S/C26H27N3O4/c1-16-12-19(17(2)28-21-7-5-4-6-18(21)25(31)32)24-20(13-16)22(30)14-23(33-24)29-10-8-26(3,15-27)9-11-29/h4-7,12-14,17,28H,8-11H2,1-3H3,(H,31,32). The fourth-order valence-electron chi connectivity index (χ4n) is 4.34. The van der Waals surface area contributed by atoms with Crippen LogP contribution in [0.15, 0.2) is 51.7 Å². The molecule has 33 heavy (non-hydrogen) atoms. The van der Waals surface area contributed by atoms with Gasteiger partial charge in [-0.1, -0.05) is 18.2 Å². The molecule has 0 amide bonds. The molecule has 7 nitrogen and oxygen atoms in total. The highest BCUT2D eigenvalue weighted by atomic mass is 16.4. The smallest absolute Gasteiger partial charge is 0.337 e. The Labute approximate surface area is 192 Å². The molecular formula is C26H27N3O4. The molecule has 2 heterocycles. The maximum Gasteiger partial charge on any atom is 0.337 e. The summed E-state index contributed by atoms with van der Waals surface area (Å²) >= 11 is 0. The Balaban J connectivity index is 1.74. The van der Waals surface area contributed by atoms with Gasteiger partial charge in [0, 0.05) is 30.4 Å². The van der Waals surface area contributed by atoms with E-state index in [-0.39, 0.29) is 22.4 Å².